The maximum absolute atomic E-state index is 13.8. The Bertz CT molecular complexity index is 1830. The lowest BCUT2D eigenvalue weighted by molar-refractivity contribution is -0.274. The SMILES string of the molecule is CNC(=O)c1c(-c2ccc(F)cc2)oc2ccc(-c3cc(C(=O)N(c4ccccc4)C4CC4)ccc3OC(F)(F)F)cc12. The number of benzene rings is 4. The topological polar surface area (TPSA) is 71.8 Å². The highest BCUT2D eigenvalue weighted by molar-refractivity contribution is 6.12. The fourth-order valence-electron chi connectivity index (χ4n) is 5.08. The second-order valence-electron chi connectivity index (χ2n) is 10.1. The molecule has 10 heteroatoms. The van der Waals surface area contributed by atoms with Crippen LogP contribution in [0.5, 0.6) is 5.75 Å². The number of hydrogen-bond donors (Lipinski definition) is 1. The summed E-state index contributed by atoms with van der Waals surface area (Å²) in [6, 6.07) is 22.8. The van der Waals surface area contributed by atoms with Crippen molar-refractivity contribution in [3.63, 3.8) is 0 Å². The van der Waals surface area contributed by atoms with Crippen LogP contribution in [-0.2, 0) is 0 Å². The van der Waals surface area contributed by atoms with Gasteiger partial charge in [-0.15, -0.1) is 13.2 Å². The van der Waals surface area contributed by atoms with Gasteiger partial charge in [0.2, 0.25) is 0 Å². The van der Waals surface area contributed by atoms with Crippen molar-refractivity contribution in [2.75, 3.05) is 11.9 Å². The molecule has 6 nitrogen and oxygen atoms in total. The Balaban J connectivity index is 1.49. The molecule has 218 valence electrons. The van der Waals surface area contributed by atoms with E-state index in [1.165, 1.54) is 61.6 Å². The zero-order valence-corrected chi connectivity index (χ0v) is 22.7. The maximum atomic E-state index is 13.8. The van der Waals surface area contributed by atoms with Crippen LogP contribution in [-0.4, -0.2) is 31.3 Å². The fourth-order valence-corrected chi connectivity index (χ4v) is 5.08. The van der Waals surface area contributed by atoms with E-state index in [0.717, 1.165) is 18.9 Å². The molecule has 1 aromatic heterocycles. The summed E-state index contributed by atoms with van der Waals surface area (Å²) in [5.74, 6) is -1.67. The first-order chi connectivity index (χ1) is 20.6. The van der Waals surface area contributed by atoms with Crippen molar-refractivity contribution in [2.45, 2.75) is 25.2 Å². The Morgan fingerprint density at radius 3 is 2.26 bits per heavy atom. The van der Waals surface area contributed by atoms with E-state index in [1.54, 1.807) is 4.90 Å². The Morgan fingerprint density at radius 2 is 1.60 bits per heavy atom. The lowest BCUT2D eigenvalue weighted by Gasteiger charge is -2.23. The van der Waals surface area contributed by atoms with Crippen LogP contribution in [0.2, 0.25) is 0 Å². The molecule has 0 radical (unpaired) electrons. The number of nitrogens with one attached hydrogen (secondary N) is 1. The monoisotopic (exact) mass is 588 g/mol. The number of carbonyl (C=O) groups excluding carboxylic acids is 2. The van der Waals surface area contributed by atoms with Gasteiger partial charge in [-0.2, -0.15) is 0 Å². The number of halogens is 4. The van der Waals surface area contributed by atoms with Crippen molar-refractivity contribution in [2.24, 2.45) is 0 Å². The third-order valence-electron chi connectivity index (χ3n) is 7.18. The Kier molecular flexibility index (Phi) is 7.13. The highest BCUT2D eigenvalue weighted by atomic mass is 19.4. The van der Waals surface area contributed by atoms with Gasteiger partial charge >= 0.3 is 6.36 Å². The fraction of sp³-hybridized carbons (Fsp3) is 0.152. The molecule has 0 unspecified atom stereocenters. The highest BCUT2D eigenvalue weighted by Gasteiger charge is 2.36. The molecule has 0 atom stereocenters. The van der Waals surface area contributed by atoms with Gasteiger partial charge in [-0.25, -0.2) is 4.39 Å². The Morgan fingerprint density at radius 1 is 0.907 bits per heavy atom. The van der Waals surface area contributed by atoms with Gasteiger partial charge in [0.25, 0.3) is 11.8 Å². The van der Waals surface area contributed by atoms with Gasteiger partial charge in [0.15, 0.2) is 0 Å². The van der Waals surface area contributed by atoms with Crippen LogP contribution in [0.3, 0.4) is 0 Å². The van der Waals surface area contributed by atoms with Gasteiger partial charge in [0.1, 0.15) is 22.9 Å². The molecule has 0 aliphatic heterocycles. The predicted molar refractivity (Wildman–Crippen MR) is 153 cm³/mol. The highest BCUT2D eigenvalue weighted by Crippen LogP contribution is 2.41. The number of anilines is 1. The summed E-state index contributed by atoms with van der Waals surface area (Å²) < 4.78 is 64.3. The number of hydrogen-bond acceptors (Lipinski definition) is 4. The van der Waals surface area contributed by atoms with Crippen LogP contribution in [0.1, 0.15) is 33.6 Å². The molecule has 0 saturated heterocycles. The van der Waals surface area contributed by atoms with Crippen LogP contribution in [0.25, 0.3) is 33.4 Å². The van der Waals surface area contributed by atoms with Crippen LogP contribution in [0.4, 0.5) is 23.2 Å². The van der Waals surface area contributed by atoms with E-state index in [9.17, 15) is 27.2 Å². The number of alkyl halides is 3. The molecule has 43 heavy (non-hydrogen) atoms. The zero-order valence-electron chi connectivity index (χ0n) is 22.7. The number of para-hydroxylation sites is 1. The summed E-state index contributed by atoms with van der Waals surface area (Å²) in [5.41, 5.74) is 1.97. The minimum atomic E-state index is -4.99. The van der Waals surface area contributed by atoms with Crippen molar-refractivity contribution in [3.8, 4) is 28.2 Å². The van der Waals surface area contributed by atoms with Gasteiger partial charge < -0.3 is 19.4 Å². The third-order valence-corrected chi connectivity index (χ3v) is 7.18. The number of carbonyl (C=O) groups is 2. The van der Waals surface area contributed by atoms with Crippen molar-refractivity contribution < 1.29 is 36.3 Å². The van der Waals surface area contributed by atoms with E-state index in [1.807, 2.05) is 30.3 Å². The van der Waals surface area contributed by atoms with Crippen LogP contribution in [0.15, 0.2) is 95.4 Å². The van der Waals surface area contributed by atoms with Crippen LogP contribution < -0.4 is 15.0 Å². The smallest absolute Gasteiger partial charge is 0.455 e. The number of fused-ring (bicyclic) bond motifs is 1. The number of furan rings is 1. The quantitative estimate of drug-likeness (QED) is 0.196. The third kappa shape index (κ3) is 5.68. The molecule has 1 saturated carbocycles. The first kappa shape index (κ1) is 28.0. The van der Waals surface area contributed by atoms with E-state index < -0.39 is 23.8 Å². The van der Waals surface area contributed by atoms with Crippen LogP contribution >= 0.6 is 0 Å². The molecule has 2 amide bonds. The Hall–Kier alpha value is -5.12. The molecule has 1 heterocycles. The van der Waals surface area contributed by atoms with E-state index >= 15 is 0 Å². The summed E-state index contributed by atoms with van der Waals surface area (Å²) in [4.78, 5) is 28.4. The molecular weight excluding hydrogens is 564 g/mol. The minimum Gasteiger partial charge on any atom is -0.455 e. The van der Waals surface area contributed by atoms with Gasteiger partial charge in [0, 0.05) is 40.9 Å². The number of nitrogens with zero attached hydrogens (tertiary/aromatic N) is 1. The van der Waals surface area contributed by atoms with Crippen LogP contribution in [0, 0.1) is 5.82 Å². The van der Waals surface area contributed by atoms with Gasteiger partial charge in [-0.05, 0) is 85.1 Å². The molecule has 6 rings (SSSR count). The second kappa shape index (κ2) is 10.9. The van der Waals surface area contributed by atoms with Crippen molar-refractivity contribution >= 4 is 28.5 Å². The number of ether oxygens (including phenoxy) is 1. The summed E-state index contributed by atoms with van der Waals surface area (Å²) in [5, 5.41) is 2.87. The lowest BCUT2D eigenvalue weighted by atomic mass is 9.97. The molecule has 1 fully saturated rings. The summed E-state index contributed by atoms with van der Waals surface area (Å²) in [7, 11) is 1.43. The van der Waals surface area contributed by atoms with E-state index in [0.29, 0.717) is 16.6 Å². The summed E-state index contributed by atoms with van der Waals surface area (Å²) in [6.45, 7) is 0. The van der Waals surface area contributed by atoms with E-state index in [4.69, 9.17) is 4.42 Å². The average Bonchev–Trinajstić information content (AvgIpc) is 3.75. The van der Waals surface area contributed by atoms with Crippen molar-refractivity contribution in [1.82, 2.24) is 5.32 Å². The lowest BCUT2D eigenvalue weighted by Crippen LogP contribution is -2.33. The van der Waals surface area contributed by atoms with Gasteiger partial charge in [0.05, 0.1) is 5.56 Å². The van der Waals surface area contributed by atoms with Gasteiger partial charge in [-0.3, -0.25) is 9.59 Å². The number of rotatable bonds is 7. The largest absolute Gasteiger partial charge is 0.573 e. The molecule has 4 aromatic carbocycles. The van der Waals surface area contributed by atoms with E-state index in [2.05, 4.69) is 10.1 Å². The van der Waals surface area contributed by atoms with Crippen molar-refractivity contribution in [3.05, 3.63) is 108 Å². The minimum absolute atomic E-state index is 0.00118. The molecule has 1 N–H and O–H groups in total. The van der Waals surface area contributed by atoms with Crippen molar-refractivity contribution in [1.29, 1.82) is 0 Å². The summed E-state index contributed by atoms with van der Waals surface area (Å²) >= 11 is 0. The normalized spacial score (nSPS) is 13.1. The maximum Gasteiger partial charge on any atom is 0.573 e. The zero-order chi connectivity index (χ0) is 30.3. The molecule has 0 spiro atoms. The molecule has 0 bridgehead atoms. The molecular formula is C33H24F4N2O4. The molecule has 1 aliphatic rings. The predicted octanol–water partition coefficient (Wildman–Crippen LogP) is 7.97. The Labute approximate surface area is 243 Å². The second-order valence-corrected chi connectivity index (χ2v) is 10.1. The average molecular weight is 589 g/mol. The molecule has 1 aliphatic carbocycles. The first-order valence-electron chi connectivity index (χ1n) is 13.5. The number of amides is 2. The van der Waals surface area contributed by atoms with Gasteiger partial charge in [-0.1, -0.05) is 24.3 Å². The first-order valence-corrected chi connectivity index (χ1v) is 13.5. The van der Waals surface area contributed by atoms with E-state index in [-0.39, 0.29) is 45.5 Å². The summed E-state index contributed by atoms with van der Waals surface area (Å²) in [6.07, 6.45) is -3.36. The standard InChI is InChI=1S/C33H24F4N2O4/c1-38-31(40)29-26-17-20(9-15-27(26)42-30(29)19-7-11-22(34)12-8-19)25-18-21(10-16-28(25)43-33(35,36)37)32(41)39(24-13-14-24)23-5-3-2-4-6-23/h2-12,15-18,24H,13-14H2,1H3,(H,38,40). The molecule has 5 aromatic rings.